The Labute approximate surface area is 109 Å². The molecule has 3 N–H and O–H groups in total. The highest BCUT2D eigenvalue weighted by Gasteiger charge is 2.25. The summed E-state index contributed by atoms with van der Waals surface area (Å²) in [5.74, 6) is -0.0420. The number of hydrogen-bond acceptors (Lipinski definition) is 2. The molecule has 0 bridgehead atoms. The highest BCUT2D eigenvalue weighted by atomic mass is 16.1. The molecule has 0 aromatic heterocycles. The first-order chi connectivity index (χ1) is 8.66. The Hall–Kier alpha value is -1.35. The Morgan fingerprint density at radius 3 is 2.39 bits per heavy atom. The van der Waals surface area contributed by atoms with Crippen molar-refractivity contribution in [1.29, 1.82) is 0 Å². The molecule has 2 rings (SSSR count). The molecular formula is C15H22N2O. The maximum Gasteiger partial charge on any atom is 0.220 e. The highest BCUT2D eigenvalue weighted by Crippen LogP contribution is 2.25. The van der Waals surface area contributed by atoms with E-state index in [9.17, 15) is 4.79 Å². The number of carbonyl (C=O) groups is 1. The minimum atomic E-state index is -0.135. The van der Waals surface area contributed by atoms with Gasteiger partial charge in [-0.3, -0.25) is 4.79 Å². The minimum absolute atomic E-state index is 0.0927. The van der Waals surface area contributed by atoms with Crippen molar-refractivity contribution in [3.05, 3.63) is 35.9 Å². The smallest absolute Gasteiger partial charge is 0.220 e. The van der Waals surface area contributed by atoms with E-state index in [0.29, 0.717) is 12.1 Å². The van der Waals surface area contributed by atoms with Gasteiger partial charge in [-0.25, -0.2) is 0 Å². The summed E-state index contributed by atoms with van der Waals surface area (Å²) in [5, 5.41) is 3.64. The van der Waals surface area contributed by atoms with Crippen molar-refractivity contribution in [2.45, 2.75) is 44.7 Å². The highest BCUT2D eigenvalue weighted by molar-refractivity contribution is 5.76. The van der Waals surface area contributed by atoms with Gasteiger partial charge in [-0.2, -0.15) is 0 Å². The summed E-state index contributed by atoms with van der Waals surface area (Å²) in [6.45, 7) is 2.19. The average Bonchev–Trinajstić information content (AvgIpc) is 2.40. The van der Waals surface area contributed by atoms with Crippen molar-refractivity contribution < 1.29 is 4.79 Å². The van der Waals surface area contributed by atoms with E-state index in [-0.39, 0.29) is 11.8 Å². The van der Waals surface area contributed by atoms with E-state index in [1.54, 1.807) is 0 Å². The lowest BCUT2D eigenvalue weighted by Crippen LogP contribution is -2.37. The zero-order chi connectivity index (χ0) is 13.0. The molecule has 1 aromatic rings. The van der Waals surface area contributed by atoms with E-state index in [1.807, 2.05) is 6.07 Å². The number of rotatable bonds is 4. The van der Waals surface area contributed by atoms with E-state index in [2.05, 4.69) is 36.5 Å². The van der Waals surface area contributed by atoms with Crippen molar-refractivity contribution in [3.63, 3.8) is 0 Å². The molecular weight excluding hydrogens is 224 g/mol. The van der Waals surface area contributed by atoms with Gasteiger partial charge >= 0.3 is 0 Å². The largest absolute Gasteiger partial charge is 0.369 e. The topological polar surface area (TPSA) is 55.1 Å². The van der Waals surface area contributed by atoms with E-state index in [0.717, 1.165) is 25.7 Å². The summed E-state index contributed by atoms with van der Waals surface area (Å²) in [5.41, 5.74) is 6.66. The normalized spacial score (nSPS) is 25.6. The van der Waals surface area contributed by atoms with Crippen LogP contribution in [0.5, 0.6) is 0 Å². The summed E-state index contributed by atoms with van der Waals surface area (Å²) in [4.78, 5) is 11.1. The first-order valence-electron chi connectivity index (χ1n) is 6.77. The fourth-order valence-corrected chi connectivity index (χ4v) is 2.74. The molecule has 0 heterocycles. The number of benzene rings is 1. The average molecular weight is 246 g/mol. The van der Waals surface area contributed by atoms with Gasteiger partial charge in [0.05, 0.1) is 0 Å². The van der Waals surface area contributed by atoms with Crippen LogP contribution in [0, 0.1) is 5.92 Å². The number of primary amides is 1. The molecule has 3 nitrogen and oxygen atoms in total. The van der Waals surface area contributed by atoms with Crippen LogP contribution in [0.1, 0.15) is 44.2 Å². The van der Waals surface area contributed by atoms with Crippen LogP contribution >= 0.6 is 0 Å². The molecule has 0 spiro atoms. The molecule has 1 unspecified atom stereocenters. The fraction of sp³-hybridized carbons (Fsp3) is 0.533. The second-order valence-electron chi connectivity index (χ2n) is 5.25. The fourth-order valence-electron chi connectivity index (χ4n) is 2.74. The predicted molar refractivity (Wildman–Crippen MR) is 72.9 cm³/mol. The second kappa shape index (κ2) is 6.01. The SMILES string of the molecule is CC(NC1CCC(C(N)=O)CC1)c1ccccc1. The van der Waals surface area contributed by atoms with Crippen LogP contribution in [-0.2, 0) is 4.79 Å². The number of nitrogens with two attached hydrogens (primary N) is 1. The zero-order valence-corrected chi connectivity index (χ0v) is 10.9. The third kappa shape index (κ3) is 3.33. The van der Waals surface area contributed by atoms with E-state index >= 15 is 0 Å². The Bertz CT molecular complexity index is 383. The molecule has 98 valence electrons. The van der Waals surface area contributed by atoms with Crippen LogP contribution in [0.3, 0.4) is 0 Å². The molecule has 3 heteroatoms. The van der Waals surface area contributed by atoms with Crippen LogP contribution in [0.15, 0.2) is 30.3 Å². The van der Waals surface area contributed by atoms with Gasteiger partial charge in [-0.05, 0) is 38.2 Å². The summed E-state index contributed by atoms with van der Waals surface area (Å²) in [6.07, 6.45) is 3.94. The molecule has 0 radical (unpaired) electrons. The van der Waals surface area contributed by atoms with Crippen LogP contribution in [0.25, 0.3) is 0 Å². The van der Waals surface area contributed by atoms with Gasteiger partial charge in [0.1, 0.15) is 0 Å². The molecule has 0 aliphatic heterocycles. The molecule has 1 atom stereocenters. The summed E-state index contributed by atoms with van der Waals surface area (Å²) in [7, 11) is 0. The van der Waals surface area contributed by atoms with Gasteiger partial charge in [0.25, 0.3) is 0 Å². The zero-order valence-electron chi connectivity index (χ0n) is 10.9. The van der Waals surface area contributed by atoms with E-state index < -0.39 is 0 Å². The molecule has 1 saturated carbocycles. The molecule has 1 fully saturated rings. The van der Waals surface area contributed by atoms with Gasteiger partial charge in [0.2, 0.25) is 5.91 Å². The van der Waals surface area contributed by atoms with Crippen LogP contribution in [-0.4, -0.2) is 11.9 Å². The lowest BCUT2D eigenvalue weighted by Gasteiger charge is -2.30. The van der Waals surface area contributed by atoms with Gasteiger partial charge < -0.3 is 11.1 Å². The van der Waals surface area contributed by atoms with Crippen molar-refractivity contribution in [3.8, 4) is 0 Å². The summed E-state index contributed by atoms with van der Waals surface area (Å²) in [6, 6.07) is 11.3. The first-order valence-corrected chi connectivity index (χ1v) is 6.77. The minimum Gasteiger partial charge on any atom is -0.369 e. The molecule has 1 amide bonds. The Kier molecular flexibility index (Phi) is 4.37. The number of hydrogen-bond donors (Lipinski definition) is 2. The lowest BCUT2D eigenvalue weighted by atomic mass is 9.85. The Morgan fingerprint density at radius 1 is 1.22 bits per heavy atom. The second-order valence-corrected chi connectivity index (χ2v) is 5.25. The summed E-state index contributed by atoms with van der Waals surface area (Å²) < 4.78 is 0. The van der Waals surface area contributed by atoms with Gasteiger partial charge in [0.15, 0.2) is 0 Å². The third-order valence-electron chi connectivity index (χ3n) is 3.91. The molecule has 1 aromatic carbocycles. The Morgan fingerprint density at radius 2 is 1.83 bits per heavy atom. The van der Waals surface area contributed by atoms with Crippen molar-refractivity contribution >= 4 is 5.91 Å². The quantitative estimate of drug-likeness (QED) is 0.857. The number of amides is 1. The van der Waals surface area contributed by atoms with E-state index in [4.69, 9.17) is 5.73 Å². The number of carbonyl (C=O) groups excluding carboxylic acids is 1. The monoisotopic (exact) mass is 246 g/mol. The summed E-state index contributed by atoms with van der Waals surface area (Å²) >= 11 is 0. The first kappa shape index (κ1) is 13.1. The lowest BCUT2D eigenvalue weighted by molar-refractivity contribution is -0.122. The molecule has 1 aliphatic rings. The number of nitrogens with one attached hydrogen (secondary N) is 1. The van der Waals surface area contributed by atoms with Crippen molar-refractivity contribution in [2.75, 3.05) is 0 Å². The Balaban J connectivity index is 1.83. The van der Waals surface area contributed by atoms with Crippen molar-refractivity contribution in [1.82, 2.24) is 5.32 Å². The predicted octanol–water partition coefficient (Wildman–Crippen LogP) is 2.38. The van der Waals surface area contributed by atoms with Crippen LogP contribution in [0.4, 0.5) is 0 Å². The van der Waals surface area contributed by atoms with Gasteiger partial charge in [-0.1, -0.05) is 30.3 Å². The van der Waals surface area contributed by atoms with E-state index in [1.165, 1.54) is 5.56 Å². The van der Waals surface area contributed by atoms with Gasteiger partial charge in [0, 0.05) is 18.0 Å². The van der Waals surface area contributed by atoms with Crippen LogP contribution < -0.4 is 11.1 Å². The molecule has 1 aliphatic carbocycles. The van der Waals surface area contributed by atoms with Crippen molar-refractivity contribution in [2.24, 2.45) is 11.7 Å². The van der Waals surface area contributed by atoms with Gasteiger partial charge in [-0.15, -0.1) is 0 Å². The third-order valence-corrected chi connectivity index (χ3v) is 3.91. The molecule has 18 heavy (non-hydrogen) atoms. The molecule has 0 saturated heterocycles. The standard InChI is InChI=1S/C15H22N2O/c1-11(12-5-3-2-4-6-12)17-14-9-7-13(8-10-14)15(16)18/h2-6,11,13-14,17H,7-10H2,1H3,(H2,16,18). The maximum atomic E-state index is 11.1. The maximum absolute atomic E-state index is 11.1. The van der Waals surface area contributed by atoms with Crippen LogP contribution in [0.2, 0.25) is 0 Å².